The highest BCUT2D eigenvalue weighted by Gasteiger charge is 2.60. The van der Waals surface area contributed by atoms with Gasteiger partial charge in [-0.25, -0.2) is 0 Å². The van der Waals surface area contributed by atoms with E-state index >= 15 is 0 Å². The maximum absolute atomic E-state index is 12.7. The van der Waals surface area contributed by atoms with E-state index in [0.29, 0.717) is 29.1 Å². The normalized spacial score (nSPS) is 45.3. The zero-order valence-electron chi connectivity index (χ0n) is 20.2. The van der Waals surface area contributed by atoms with E-state index in [1.54, 1.807) is 5.57 Å². The quantitative estimate of drug-likeness (QED) is 0.353. The summed E-state index contributed by atoms with van der Waals surface area (Å²) in [6, 6.07) is 0. The van der Waals surface area contributed by atoms with Crippen molar-refractivity contribution in [2.45, 2.75) is 111 Å². The van der Waals surface area contributed by atoms with Crippen LogP contribution in [-0.2, 0) is 9.22 Å². The van der Waals surface area contributed by atoms with E-state index < -0.39 is 8.32 Å². The van der Waals surface area contributed by atoms with Crippen LogP contribution in [0.3, 0.4) is 0 Å². The van der Waals surface area contributed by atoms with Crippen LogP contribution in [0, 0.1) is 34.5 Å². The van der Waals surface area contributed by atoms with E-state index in [1.165, 1.54) is 25.7 Å². The molecule has 29 heavy (non-hydrogen) atoms. The first-order valence-corrected chi connectivity index (χ1v) is 15.1. The molecule has 164 valence electrons. The fourth-order valence-electron chi connectivity index (χ4n) is 7.46. The molecule has 3 heteroatoms. The topological polar surface area (TPSA) is 26.3 Å². The van der Waals surface area contributed by atoms with Crippen LogP contribution in [0.1, 0.15) is 86.5 Å². The molecule has 0 aromatic heterocycles. The molecule has 4 aliphatic carbocycles. The second kappa shape index (κ2) is 6.79. The van der Waals surface area contributed by atoms with E-state index in [2.05, 4.69) is 60.7 Å². The summed E-state index contributed by atoms with van der Waals surface area (Å²) in [5, 5.41) is 0.264. The van der Waals surface area contributed by atoms with Crippen molar-refractivity contribution in [1.29, 1.82) is 0 Å². The monoisotopic (exact) mass is 416 g/mol. The molecule has 0 N–H and O–H groups in total. The standard InChI is InChI=1S/C26H44O2Si/c1-17-15-18-16-19(28-29(7,8)24(2,3)4)11-13-25(18,5)21-12-14-26(6)20(23(17)21)9-10-22(26)27/h16-17,19-21,23H,9-15H2,1-8H3/t17?,19?,20-,21+,23-,25-,26-/m0/s1. The van der Waals surface area contributed by atoms with Crippen molar-refractivity contribution in [2.24, 2.45) is 34.5 Å². The molecule has 3 fully saturated rings. The maximum atomic E-state index is 12.7. The predicted molar refractivity (Wildman–Crippen MR) is 123 cm³/mol. The zero-order valence-corrected chi connectivity index (χ0v) is 21.2. The fraction of sp³-hybridized carbons (Fsp3) is 0.885. The highest BCUT2D eigenvalue weighted by molar-refractivity contribution is 6.74. The zero-order chi connectivity index (χ0) is 21.4. The van der Waals surface area contributed by atoms with E-state index in [0.717, 1.165) is 31.1 Å². The van der Waals surface area contributed by atoms with E-state index in [4.69, 9.17) is 4.43 Å². The number of fused-ring (bicyclic) bond motifs is 5. The number of carbonyl (C=O) groups excluding carboxylic acids is 1. The number of hydrogen-bond donors (Lipinski definition) is 0. The van der Waals surface area contributed by atoms with Gasteiger partial charge in [0, 0.05) is 11.8 Å². The van der Waals surface area contributed by atoms with Gasteiger partial charge in [0.25, 0.3) is 0 Å². The molecule has 2 nitrogen and oxygen atoms in total. The van der Waals surface area contributed by atoms with Gasteiger partial charge in [-0.05, 0) is 85.7 Å². The van der Waals surface area contributed by atoms with Crippen LogP contribution in [0.4, 0.5) is 0 Å². The van der Waals surface area contributed by atoms with E-state index in [9.17, 15) is 4.79 Å². The van der Waals surface area contributed by atoms with Gasteiger partial charge in [-0.15, -0.1) is 0 Å². The van der Waals surface area contributed by atoms with Crippen LogP contribution < -0.4 is 0 Å². The molecule has 0 heterocycles. The maximum Gasteiger partial charge on any atom is 0.192 e. The van der Waals surface area contributed by atoms with Gasteiger partial charge in [0.2, 0.25) is 0 Å². The van der Waals surface area contributed by atoms with Crippen molar-refractivity contribution in [1.82, 2.24) is 0 Å². The summed E-state index contributed by atoms with van der Waals surface area (Å²) in [7, 11) is -1.74. The molecule has 0 aliphatic heterocycles. The Morgan fingerprint density at radius 2 is 1.66 bits per heavy atom. The summed E-state index contributed by atoms with van der Waals surface area (Å²) >= 11 is 0. The summed E-state index contributed by atoms with van der Waals surface area (Å²) < 4.78 is 6.83. The van der Waals surface area contributed by atoms with Crippen LogP contribution >= 0.6 is 0 Å². The van der Waals surface area contributed by atoms with Crippen molar-refractivity contribution in [2.75, 3.05) is 0 Å². The van der Waals surface area contributed by atoms with Gasteiger partial charge in [-0.3, -0.25) is 4.79 Å². The number of carbonyl (C=O) groups is 1. The summed E-state index contributed by atoms with van der Waals surface area (Å²) in [6.45, 7) is 19.1. The number of allylic oxidation sites excluding steroid dienone is 1. The summed E-state index contributed by atoms with van der Waals surface area (Å²) in [4.78, 5) is 12.7. The minimum absolute atomic E-state index is 0.0182. The van der Waals surface area contributed by atoms with Gasteiger partial charge in [0.1, 0.15) is 5.78 Å². The Kier molecular flexibility index (Phi) is 5.11. The van der Waals surface area contributed by atoms with Gasteiger partial charge < -0.3 is 4.43 Å². The molecule has 0 bridgehead atoms. The lowest BCUT2D eigenvalue weighted by molar-refractivity contribution is -0.134. The smallest absolute Gasteiger partial charge is 0.192 e. The van der Waals surface area contributed by atoms with Crippen LogP contribution in [0.25, 0.3) is 0 Å². The van der Waals surface area contributed by atoms with Crippen LogP contribution in [0.15, 0.2) is 11.6 Å². The Balaban J connectivity index is 1.60. The molecule has 0 radical (unpaired) electrons. The molecule has 4 aliphatic rings. The third-order valence-corrected chi connectivity index (χ3v) is 14.9. The number of ketones is 1. The second-order valence-corrected chi connectivity index (χ2v) is 17.7. The lowest BCUT2D eigenvalue weighted by atomic mass is 9.45. The molecule has 0 aromatic carbocycles. The Labute approximate surface area is 180 Å². The van der Waals surface area contributed by atoms with Gasteiger partial charge in [0.15, 0.2) is 8.32 Å². The first kappa shape index (κ1) is 21.8. The van der Waals surface area contributed by atoms with Crippen molar-refractivity contribution >= 4 is 14.1 Å². The molecule has 2 unspecified atom stereocenters. The molecular weight excluding hydrogens is 372 g/mol. The SMILES string of the molecule is CC1CC2=CC(O[Si](C)(C)C(C)(C)C)CC[C@]2(C)[C@@H]2CC[C@]3(C)C(=O)CC[C@H]3[C@H]12. The molecule has 0 saturated heterocycles. The highest BCUT2D eigenvalue weighted by atomic mass is 28.4. The molecule has 4 rings (SSSR count). The average Bonchev–Trinajstić information content (AvgIpc) is 2.90. The van der Waals surface area contributed by atoms with Crippen LogP contribution in [-0.4, -0.2) is 20.2 Å². The van der Waals surface area contributed by atoms with E-state index in [-0.39, 0.29) is 10.5 Å². The van der Waals surface area contributed by atoms with Gasteiger partial charge >= 0.3 is 0 Å². The van der Waals surface area contributed by atoms with E-state index in [1.807, 2.05) is 0 Å². The van der Waals surface area contributed by atoms with Crippen LogP contribution in [0.5, 0.6) is 0 Å². The number of hydrogen-bond acceptors (Lipinski definition) is 2. The summed E-state index contributed by atoms with van der Waals surface area (Å²) in [6.07, 6.45) is 10.9. The Bertz CT molecular complexity index is 717. The van der Waals surface area contributed by atoms with Crippen molar-refractivity contribution < 1.29 is 9.22 Å². The fourth-order valence-corrected chi connectivity index (χ4v) is 8.76. The van der Waals surface area contributed by atoms with Gasteiger partial charge in [-0.1, -0.05) is 53.2 Å². The summed E-state index contributed by atoms with van der Waals surface area (Å²) in [5.74, 6) is 3.38. The van der Waals surface area contributed by atoms with Gasteiger partial charge in [0.05, 0.1) is 6.10 Å². The first-order chi connectivity index (χ1) is 13.3. The third kappa shape index (κ3) is 3.25. The second-order valence-electron chi connectivity index (χ2n) is 13.0. The highest BCUT2D eigenvalue weighted by Crippen LogP contribution is 2.66. The molecule has 0 aromatic rings. The molecule has 0 spiro atoms. The third-order valence-electron chi connectivity index (χ3n) is 10.4. The Morgan fingerprint density at radius 3 is 2.31 bits per heavy atom. The number of Topliss-reactive ketones (excluding diaryl/α,β-unsaturated/α-hetero) is 1. The first-order valence-electron chi connectivity index (χ1n) is 12.2. The average molecular weight is 417 g/mol. The van der Waals surface area contributed by atoms with Crippen LogP contribution in [0.2, 0.25) is 18.1 Å². The van der Waals surface area contributed by atoms with Gasteiger partial charge in [-0.2, -0.15) is 0 Å². The summed E-state index contributed by atoms with van der Waals surface area (Å²) in [5.41, 5.74) is 2.00. The minimum Gasteiger partial charge on any atom is -0.411 e. The van der Waals surface area contributed by atoms with Crippen molar-refractivity contribution in [3.8, 4) is 0 Å². The molecule has 7 atom stereocenters. The van der Waals surface area contributed by atoms with Crippen molar-refractivity contribution in [3.63, 3.8) is 0 Å². The number of rotatable bonds is 2. The molecule has 0 amide bonds. The lowest BCUT2D eigenvalue weighted by Crippen LogP contribution is -2.54. The minimum atomic E-state index is -1.74. The largest absolute Gasteiger partial charge is 0.411 e. The Morgan fingerprint density at radius 1 is 1.03 bits per heavy atom. The molecule has 3 saturated carbocycles. The molecular formula is C26H44O2Si. The lowest BCUT2D eigenvalue weighted by Gasteiger charge is -2.59. The Hall–Kier alpha value is -0.413. The van der Waals surface area contributed by atoms with Crippen molar-refractivity contribution in [3.05, 3.63) is 11.6 Å². The predicted octanol–water partition coefficient (Wildman–Crippen LogP) is 7.15.